The van der Waals surface area contributed by atoms with Gasteiger partial charge in [-0.2, -0.15) is 5.26 Å². The minimum absolute atomic E-state index is 0.128. The molecule has 0 aromatic heterocycles. The normalized spacial score (nSPS) is 11.4. The van der Waals surface area contributed by atoms with Crippen LogP contribution in [0, 0.1) is 23.0 Å². The van der Waals surface area contributed by atoms with Gasteiger partial charge < -0.3 is 10.1 Å². The third-order valence-corrected chi connectivity index (χ3v) is 4.28. The van der Waals surface area contributed by atoms with Crippen LogP contribution in [0.15, 0.2) is 48.0 Å². The number of hydrogen-bond donors (Lipinski definition) is 1. The first-order chi connectivity index (χ1) is 14.6. The fraction of sp³-hybridized carbons (Fsp3) is 0.217. The fourth-order valence-corrected chi connectivity index (χ4v) is 2.72. The van der Waals surface area contributed by atoms with E-state index in [1.165, 1.54) is 44.2 Å². The monoisotopic (exact) mass is 426 g/mol. The molecule has 0 fully saturated rings. The third kappa shape index (κ3) is 5.60. The van der Waals surface area contributed by atoms with Gasteiger partial charge in [-0.05, 0) is 44.5 Å². The SMILES string of the molecule is CCOC(=O)/C(C#N)=C/c1ccc(C(=O)C(C)(C)NC(=O)c2c(F)cccc2F)cc1. The van der Waals surface area contributed by atoms with Gasteiger partial charge in [0.05, 0.1) is 12.1 Å². The summed E-state index contributed by atoms with van der Waals surface area (Å²) >= 11 is 0. The Hall–Kier alpha value is -3.86. The van der Waals surface area contributed by atoms with Gasteiger partial charge in [0.15, 0.2) is 5.78 Å². The lowest BCUT2D eigenvalue weighted by atomic mass is 9.92. The molecule has 2 rings (SSSR count). The second-order valence-corrected chi connectivity index (χ2v) is 7.02. The highest BCUT2D eigenvalue weighted by molar-refractivity contribution is 6.07. The van der Waals surface area contributed by atoms with Crippen LogP contribution in [-0.4, -0.2) is 29.8 Å². The average molecular weight is 426 g/mol. The van der Waals surface area contributed by atoms with E-state index in [0.717, 1.165) is 18.2 Å². The van der Waals surface area contributed by atoms with E-state index in [9.17, 15) is 23.2 Å². The maximum Gasteiger partial charge on any atom is 0.348 e. The Morgan fingerprint density at radius 3 is 2.19 bits per heavy atom. The number of ketones is 1. The molecular formula is C23H20F2N2O4. The number of hydrogen-bond acceptors (Lipinski definition) is 5. The number of nitriles is 1. The van der Waals surface area contributed by atoms with Gasteiger partial charge >= 0.3 is 5.97 Å². The highest BCUT2D eigenvalue weighted by Crippen LogP contribution is 2.18. The van der Waals surface area contributed by atoms with E-state index in [-0.39, 0.29) is 17.7 Å². The van der Waals surface area contributed by atoms with Gasteiger partial charge in [0.1, 0.15) is 28.8 Å². The molecular weight excluding hydrogens is 406 g/mol. The van der Waals surface area contributed by atoms with Crippen LogP contribution in [0.3, 0.4) is 0 Å². The molecule has 0 aliphatic rings. The van der Waals surface area contributed by atoms with Crippen molar-refractivity contribution in [3.63, 3.8) is 0 Å². The van der Waals surface area contributed by atoms with Gasteiger partial charge in [-0.25, -0.2) is 13.6 Å². The van der Waals surface area contributed by atoms with E-state index < -0.39 is 40.4 Å². The maximum absolute atomic E-state index is 13.8. The number of halogens is 2. The summed E-state index contributed by atoms with van der Waals surface area (Å²) in [5, 5.41) is 11.4. The van der Waals surface area contributed by atoms with Crippen LogP contribution in [0.4, 0.5) is 8.78 Å². The summed E-state index contributed by atoms with van der Waals surface area (Å²) in [7, 11) is 0. The molecule has 1 N–H and O–H groups in total. The van der Waals surface area contributed by atoms with Crippen molar-refractivity contribution in [2.24, 2.45) is 0 Å². The predicted octanol–water partition coefficient (Wildman–Crippen LogP) is 3.83. The zero-order chi connectivity index (χ0) is 23.2. The topological polar surface area (TPSA) is 96.3 Å². The van der Waals surface area contributed by atoms with Crippen molar-refractivity contribution in [3.05, 3.63) is 76.4 Å². The number of nitrogens with one attached hydrogen (secondary N) is 1. The van der Waals surface area contributed by atoms with Crippen LogP contribution < -0.4 is 5.32 Å². The van der Waals surface area contributed by atoms with Gasteiger partial charge in [0, 0.05) is 5.56 Å². The molecule has 0 unspecified atom stereocenters. The highest BCUT2D eigenvalue weighted by atomic mass is 19.1. The van der Waals surface area contributed by atoms with Gasteiger partial charge in [-0.15, -0.1) is 0 Å². The summed E-state index contributed by atoms with van der Waals surface area (Å²) in [5.74, 6) is -4.38. The van der Waals surface area contributed by atoms with Crippen LogP contribution >= 0.6 is 0 Å². The molecule has 8 heteroatoms. The van der Waals surface area contributed by atoms with Crippen LogP contribution in [0.5, 0.6) is 0 Å². The molecule has 0 aliphatic heterocycles. The largest absolute Gasteiger partial charge is 0.462 e. The Bertz CT molecular complexity index is 1060. The summed E-state index contributed by atoms with van der Waals surface area (Å²) in [4.78, 5) is 36.9. The van der Waals surface area contributed by atoms with E-state index in [1.54, 1.807) is 13.0 Å². The molecule has 1 amide bonds. The van der Waals surface area contributed by atoms with E-state index in [0.29, 0.717) is 5.56 Å². The number of benzene rings is 2. The van der Waals surface area contributed by atoms with Crippen molar-refractivity contribution in [2.75, 3.05) is 6.61 Å². The molecule has 0 bridgehead atoms. The third-order valence-electron chi connectivity index (χ3n) is 4.28. The lowest BCUT2D eigenvalue weighted by Gasteiger charge is -2.25. The zero-order valence-electron chi connectivity index (χ0n) is 17.2. The number of amides is 1. The van der Waals surface area contributed by atoms with Crippen LogP contribution in [0.2, 0.25) is 0 Å². The Kier molecular flexibility index (Phi) is 7.37. The summed E-state index contributed by atoms with van der Waals surface area (Å²) in [5.41, 5.74) is -1.74. The molecule has 0 radical (unpaired) electrons. The molecule has 2 aromatic rings. The predicted molar refractivity (Wildman–Crippen MR) is 109 cm³/mol. The first-order valence-electron chi connectivity index (χ1n) is 9.31. The van der Waals surface area contributed by atoms with Gasteiger partial charge in [0.2, 0.25) is 0 Å². The van der Waals surface area contributed by atoms with Crippen LogP contribution in [0.25, 0.3) is 6.08 Å². The molecule has 0 atom stereocenters. The van der Waals surface area contributed by atoms with Crippen molar-refractivity contribution in [2.45, 2.75) is 26.3 Å². The van der Waals surface area contributed by atoms with Gasteiger partial charge in [-0.3, -0.25) is 9.59 Å². The quantitative estimate of drug-likeness (QED) is 0.314. The molecule has 0 spiro atoms. The Labute approximate surface area is 178 Å². The first kappa shape index (κ1) is 23.4. The standard InChI is InChI=1S/C23H20F2N2O4/c1-4-31-22(30)16(13-26)12-14-8-10-15(11-9-14)20(28)23(2,3)27-21(29)19-17(24)6-5-7-18(19)25/h5-12H,4H2,1-3H3,(H,27,29)/b16-12+. The van der Waals surface area contributed by atoms with Gasteiger partial charge in [-0.1, -0.05) is 30.3 Å². The highest BCUT2D eigenvalue weighted by Gasteiger charge is 2.32. The number of esters is 1. The van der Waals surface area contributed by atoms with E-state index in [1.807, 2.05) is 0 Å². The summed E-state index contributed by atoms with van der Waals surface area (Å²) < 4.78 is 32.5. The lowest BCUT2D eigenvalue weighted by molar-refractivity contribution is -0.137. The smallest absolute Gasteiger partial charge is 0.348 e. The second-order valence-electron chi connectivity index (χ2n) is 7.02. The van der Waals surface area contributed by atoms with Crippen molar-refractivity contribution in [3.8, 4) is 6.07 Å². The molecule has 6 nitrogen and oxygen atoms in total. The minimum atomic E-state index is -1.47. The van der Waals surface area contributed by atoms with Gasteiger partial charge in [0.25, 0.3) is 5.91 Å². The molecule has 160 valence electrons. The average Bonchev–Trinajstić information content (AvgIpc) is 2.71. The number of ether oxygens (including phenoxy) is 1. The van der Waals surface area contributed by atoms with Crippen molar-refractivity contribution >= 4 is 23.7 Å². The number of Topliss-reactive ketones (excluding diaryl/α,β-unsaturated/α-hetero) is 1. The fourth-order valence-electron chi connectivity index (χ4n) is 2.72. The molecule has 0 saturated heterocycles. The molecule has 0 saturated carbocycles. The van der Waals surface area contributed by atoms with E-state index >= 15 is 0 Å². The maximum atomic E-state index is 13.8. The lowest BCUT2D eigenvalue weighted by Crippen LogP contribution is -2.50. The number of carbonyl (C=O) groups excluding carboxylic acids is 3. The summed E-state index contributed by atoms with van der Waals surface area (Å²) in [6, 6.07) is 10.7. The molecule has 0 heterocycles. The summed E-state index contributed by atoms with van der Waals surface area (Å²) in [6.45, 7) is 4.57. The van der Waals surface area contributed by atoms with E-state index in [2.05, 4.69) is 5.32 Å². The Balaban J connectivity index is 2.21. The Morgan fingerprint density at radius 1 is 1.10 bits per heavy atom. The van der Waals surface area contributed by atoms with Crippen molar-refractivity contribution < 1.29 is 27.9 Å². The van der Waals surface area contributed by atoms with Crippen LogP contribution in [-0.2, 0) is 9.53 Å². The minimum Gasteiger partial charge on any atom is -0.462 e. The van der Waals surface area contributed by atoms with Crippen LogP contribution in [0.1, 0.15) is 47.1 Å². The molecule has 0 aliphatic carbocycles. The van der Waals surface area contributed by atoms with Crippen molar-refractivity contribution in [1.82, 2.24) is 5.32 Å². The number of rotatable bonds is 7. The number of nitrogens with zero attached hydrogens (tertiary/aromatic N) is 1. The summed E-state index contributed by atoms with van der Waals surface area (Å²) in [6.07, 6.45) is 1.32. The molecule has 2 aromatic carbocycles. The second kappa shape index (κ2) is 9.76. The van der Waals surface area contributed by atoms with Crippen molar-refractivity contribution in [1.29, 1.82) is 5.26 Å². The molecule has 31 heavy (non-hydrogen) atoms. The number of carbonyl (C=O) groups is 3. The van der Waals surface area contributed by atoms with E-state index in [4.69, 9.17) is 10.00 Å². The first-order valence-corrected chi connectivity index (χ1v) is 9.31. The Morgan fingerprint density at radius 2 is 1.68 bits per heavy atom. The zero-order valence-corrected chi connectivity index (χ0v) is 17.2.